The topological polar surface area (TPSA) is 385 Å². The molecule has 1 unspecified atom stereocenters. The molecule has 6 aliphatic heterocycles. The SMILES string of the molecule is C[C@@H]1CC[C@@]2(OC1)O[C@H]1C[C@@H]3[C@H]4CC=C5C[C@@H](OCCC(CO[C@@H]6O[C@@H](CO)[C@H](O[C@@H]7O[C@H](CO)[C@@H](O)[C@H](O)[C@H]7O)[C@H](O)[C@@H]6O)CO[C@@H]6O[C@H](CO)[C@@H](O[C@@H]7O[C@H](CO)[C@@H](O)[C@H](O)[C@@H]7O)[C@H](O)[C@H]6O)CC[C@]5(C)[C@H]4CC[C@]3(C)[C@H]1[C@H]2C. The van der Waals surface area contributed by atoms with Gasteiger partial charge in [-0.1, -0.05) is 39.3 Å². The molecule has 0 radical (unpaired) electrons. The molecule has 6 saturated heterocycles. The van der Waals surface area contributed by atoms with Crippen molar-refractivity contribution in [2.45, 2.75) is 233 Å². The second-order valence-corrected chi connectivity index (χ2v) is 25.8. The summed E-state index contributed by atoms with van der Waals surface area (Å²) in [4.78, 5) is 0. The lowest BCUT2D eigenvalue weighted by molar-refractivity contribution is -0.363. The fourth-order valence-corrected chi connectivity index (χ4v) is 16.3. The van der Waals surface area contributed by atoms with E-state index in [1.54, 1.807) is 0 Å². The number of rotatable bonds is 18. The minimum absolute atomic E-state index is 0.0374. The number of aliphatic hydroxyl groups excluding tert-OH is 14. The molecule has 25 heteroatoms. The first-order chi connectivity index (χ1) is 38.6. The summed E-state index contributed by atoms with van der Waals surface area (Å²) in [6.45, 7) is 7.00. The van der Waals surface area contributed by atoms with Gasteiger partial charge in [0.25, 0.3) is 0 Å². The Morgan fingerprint density at radius 3 is 1.63 bits per heavy atom. The van der Waals surface area contributed by atoms with E-state index in [0.717, 1.165) is 51.6 Å². The van der Waals surface area contributed by atoms with Crippen LogP contribution in [0.15, 0.2) is 11.6 Å². The van der Waals surface area contributed by atoms with Crippen LogP contribution in [0, 0.1) is 52.3 Å². The zero-order valence-corrected chi connectivity index (χ0v) is 46.8. The highest BCUT2D eigenvalue weighted by Gasteiger charge is 2.69. The second kappa shape index (κ2) is 25.5. The summed E-state index contributed by atoms with van der Waals surface area (Å²) < 4.78 is 66.5. The van der Waals surface area contributed by atoms with Gasteiger partial charge in [0, 0.05) is 24.9 Å². The predicted molar refractivity (Wildman–Crippen MR) is 274 cm³/mol. The van der Waals surface area contributed by atoms with E-state index in [1.165, 1.54) is 18.4 Å². The molecule has 9 fully saturated rings. The average molecular weight is 1170 g/mol. The van der Waals surface area contributed by atoms with Crippen molar-refractivity contribution in [1.29, 1.82) is 0 Å². The van der Waals surface area contributed by atoms with Crippen LogP contribution < -0.4 is 0 Å². The van der Waals surface area contributed by atoms with E-state index in [-0.39, 0.29) is 49.3 Å². The Labute approximate surface area is 471 Å². The largest absolute Gasteiger partial charge is 0.394 e. The van der Waals surface area contributed by atoms with Gasteiger partial charge in [0.15, 0.2) is 30.9 Å². The number of fused-ring (bicyclic) bond motifs is 7. The molecule has 0 amide bonds. The minimum Gasteiger partial charge on any atom is -0.394 e. The first kappa shape index (κ1) is 62.8. The summed E-state index contributed by atoms with van der Waals surface area (Å²) >= 11 is 0. The molecule has 0 aromatic heterocycles. The Hall–Kier alpha value is -1.26. The summed E-state index contributed by atoms with van der Waals surface area (Å²) in [6.07, 6.45) is -21.3. The van der Waals surface area contributed by atoms with Crippen LogP contribution in [0.5, 0.6) is 0 Å². The molecule has 6 heterocycles. The van der Waals surface area contributed by atoms with E-state index in [1.807, 2.05) is 0 Å². The van der Waals surface area contributed by atoms with Crippen molar-refractivity contribution in [3.63, 3.8) is 0 Å². The molecule has 10 aliphatic rings. The first-order valence-electron chi connectivity index (χ1n) is 29.6. The fraction of sp³-hybridized carbons (Fsp3) is 0.964. The Balaban J connectivity index is 0.784. The Morgan fingerprint density at radius 1 is 0.580 bits per heavy atom. The molecule has 32 atom stereocenters. The number of aliphatic hydroxyl groups is 14. The maximum atomic E-state index is 11.3. The third kappa shape index (κ3) is 11.7. The third-order valence-corrected chi connectivity index (χ3v) is 21.1. The van der Waals surface area contributed by atoms with Gasteiger partial charge in [-0.2, -0.15) is 0 Å². The van der Waals surface area contributed by atoms with E-state index in [4.69, 9.17) is 52.1 Å². The zero-order valence-electron chi connectivity index (χ0n) is 46.8. The lowest BCUT2D eigenvalue weighted by atomic mass is 9.47. The van der Waals surface area contributed by atoms with Crippen molar-refractivity contribution in [2.24, 2.45) is 52.3 Å². The van der Waals surface area contributed by atoms with Gasteiger partial charge < -0.3 is 124 Å². The van der Waals surface area contributed by atoms with Gasteiger partial charge >= 0.3 is 0 Å². The van der Waals surface area contributed by atoms with E-state index in [9.17, 15) is 71.5 Å². The van der Waals surface area contributed by atoms with E-state index in [2.05, 4.69) is 33.8 Å². The molecule has 0 aromatic carbocycles. The standard InChI is InChI=1S/C56H92O25/c1-24-7-13-56(74-21-24)25(2)37-32(81-56)16-31-29-6-5-27-15-28(8-11-54(27,3)30(29)9-12-55(31,37)4)71-14-10-26(22-72-50-46(69)42(65)48(35(19-59)77-50)79-52-44(67)40(63)38(61)33(17-57)75-52)23-73-51-47(70)43(66)49(36(20-60)78-51)80-53-45(68)41(64)39(62)34(18-58)76-53/h5,24-26,28-53,57-70H,6-23H2,1-4H3/t24-,25-,26?,28+,29+,30+,31-,32+,33-,34-,35-,36+,37+,38-,39-,40+,41+,42-,43-,44+,45-,46-,47+,48-,49+,50-,51-,52+,53+,54+,55+,56-/m1/s1. The van der Waals surface area contributed by atoms with Crippen LogP contribution in [0.3, 0.4) is 0 Å². The van der Waals surface area contributed by atoms with E-state index >= 15 is 0 Å². The van der Waals surface area contributed by atoms with Crippen LogP contribution >= 0.6 is 0 Å². The minimum atomic E-state index is -1.86. The Morgan fingerprint density at radius 2 is 1.11 bits per heavy atom. The number of ether oxygens (including phenoxy) is 11. The first-order valence-corrected chi connectivity index (χ1v) is 29.6. The predicted octanol–water partition coefficient (Wildman–Crippen LogP) is -2.97. The van der Waals surface area contributed by atoms with Crippen LogP contribution in [-0.4, -0.2) is 265 Å². The maximum Gasteiger partial charge on any atom is 0.187 e. The molecular weight excluding hydrogens is 1070 g/mol. The molecule has 81 heavy (non-hydrogen) atoms. The molecule has 4 aliphatic carbocycles. The summed E-state index contributed by atoms with van der Waals surface area (Å²) in [6, 6.07) is 0. The molecule has 25 nitrogen and oxygen atoms in total. The van der Waals surface area contributed by atoms with E-state index in [0.29, 0.717) is 35.5 Å². The molecule has 0 aromatic rings. The van der Waals surface area contributed by atoms with Gasteiger partial charge in [-0.3, -0.25) is 0 Å². The van der Waals surface area contributed by atoms with Crippen LogP contribution in [0.4, 0.5) is 0 Å². The van der Waals surface area contributed by atoms with Gasteiger partial charge in [-0.25, -0.2) is 0 Å². The van der Waals surface area contributed by atoms with Gasteiger partial charge in [-0.15, -0.1) is 0 Å². The van der Waals surface area contributed by atoms with Crippen molar-refractivity contribution in [3.8, 4) is 0 Å². The lowest BCUT2D eigenvalue weighted by Crippen LogP contribution is -2.65. The highest BCUT2D eigenvalue weighted by molar-refractivity contribution is 5.26. The highest BCUT2D eigenvalue weighted by Crippen LogP contribution is 2.70. The normalized spacial score (nSPS) is 53.1. The molecular formula is C56H92O25. The number of hydrogen-bond acceptors (Lipinski definition) is 25. The summed E-state index contributed by atoms with van der Waals surface area (Å²) in [5.41, 5.74) is 1.66. The molecule has 466 valence electrons. The summed E-state index contributed by atoms with van der Waals surface area (Å²) in [5.74, 6) is 1.99. The smallest absolute Gasteiger partial charge is 0.187 e. The van der Waals surface area contributed by atoms with Crippen LogP contribution in [-0.2, 0) is 52.1 Å². The monoisotopic (exact) mass is 1160 g/mol. The second-order valence-electron chi connectivity index (χ2n) is 25.8. The number of allylic oxidation sites excluding steroid dienone is 1. The number of hydrogen-bond donors (Lipinski definition) is 14. The van der Waals surface area contributed by atoms with Gasteiger partial charge in [-0.05, 0) is 98.2 Å². The van der Waals surface area contributed by atoms with Crippen LogP contribution in [0.2, 0.25) is 0 Å². The summed E-state index contributed by atoms with van der Waals surface area (Å²) in [7, 11) is 0. The maximum absolute atomic E-state index is 11.3. The van der Waals surface area contributed by atoms with Crippen molar-refractivity contribution >= 4 is 0 Å². The third-order valence-electron chi connectivity index (χ3n) is 21.1. The van der Waals surface area contributed by atoms with Crippen LogP contribution in [0.1, 0.15) is 91.9 Å². The van der Waals surface area contributed by atoms with Crippen molar-refractivity contribution in [2.75, 3.05) is 52.9 Å². The van der Waals surface area contributed by atoms with Gasteiger partial charge in [0.2, 0.25) is 0 Å². The summed E-state index contributed by atoms with van der Waals surface area (Å²) in [5, 5.41) is 148. The molecule has 3 saturated carbocycles. The van der Waals surface area contributed by atoms with E-state index < -0.39 is 161 Å². The van der Waals surface area contributed by atoms with Gasteiger partial charge in [0.05, 0.1) is 58.5 Å². The quantitative estimate of drug-likeness (QED) is 0.0609. The van der Waals surface area contributed by atoms with Crippen molar-refractivity contribution < 1.29 is 124 Å². The van der Waals surface area contributed by atoms with Crippen LogP contribution in [0.25, 0.3) is 0 Å². The fourth-order valence-electron chi connectivity index (χ4n) is 16.3. The molecule has 0 bridgehead atoms. The molecule has 10 rings (SSSR count). The van der Waals surface area contributed by atoms with Gasteiger partial charge in [0.1, 0.15) is 97.7 Å². The lowest BCUT2D eigenvalue weighted by Gasteiger charge is -2.58. The Kier molecular flexibility index (Phi) is 19.7. The Bertz CT molecular complexity index is 2000. The zero-order chi connectivity index (χ0) is 58.0. The average Bonchev–Trinajstić information content (AvgIpc) is 3.70. The molecule has 14 N–H and O–H groups in total. The highest BCUT2D eigenvalue weighted by atomic mass is 16.8. The molecule has 1 spiro atoms. The van der Waals surface area contributed by atoms with Crippen molar-refractivity contribution in [3.05, 3.63) is 11.6 Å². The van der Waals surface area contributed by atoms with Crippen molar-refractivity contribution in [1.82, 2.24) is 0 Å².